The minimum atomic E-state index is 0. The first-order valence-electron chi connectivity index (χ1n) is 10.3. The van der Waals surface area contributed by atoms with E-state index in [1.54, 1.807) is 0 Å². The van der Waals surface area contributed by atoms with Gasteiger partial charge in [0.2, 0.25) is 0 Å². The smallest absolute Gasteiger partial charge is 0.193 e. The van der Waals surface area contributed by atoms with Gasteiger partial charge in [-0.05, 0) is 51.3 Å². The molecular formula is C22H39IN4O. The monoisotopic (exact) mass is 502 g/mol. The number of rotatable bonds is 8. The molecule has 0 radical (unpaired) electrons. The number of likely N-dealkylation sites (tertiary alicyclic amines) is 1. The zero-order chi connectivity index (χ0) is 19.6. The van der Waals surface area contributed by atoms with Gasteiger partial charge in [0.25, 0.3) is 0 Å². The Morgan fingerprint density at radius 1 is 1.32 bits per heavy atom. The minimum absolute atomic E-state index is 0. The molecule has 3 atom stereocenters. The molecular weight excluding hydrogens is 463 g/mol. The first-order valence-corrected chi connectivity index (χ1v) is 10.3. The summed E-state index contributed by atoms with van der Waals surface area (Å²) >= 11 is 0. The molecule has 0 saturated carbocycles. The maximum Gasteiger partial charge on any atom is 0.193 e. The molecule has 5 nitrogen and oxygen atoms in total. The molecule has 0 spiro atoms. The number of ether oxygens (including phenoxy) is 1. The fourth-order valence-corrected chi connectivity index (χ4v) is 3.95. The standard InChI is InChI=1S/C22H38N4O.HI/c1-6-27-20(12-14-25(4)5)16-24-22(23-3)26-15-13-21(18(2)17-26)19-10-8-7-9-11-19;/h7-11,18,20-21H,6,12-17H2,1-5H3,(H,23,24);1H. The van der Waals surface area contributed by atoms with Gasteiger partial charge in [0.05, 0.1) is 6.10 Å². The lowest BCUT2D eigenvalue weighted by Crippen LogP contribution is -2.49. The number of hydrogen-bond donors (Lipinski definition) is 1. The Morgan fingerprint density at radius 3 is 2.61 bits per heavy atom. The van der Waals surface area contributed by atoms with Crippen molar-refractivity contribution in [1.82, 2.24) is 15.1 Å². The van der Waals surface area contributed by atoms with Crippen LogP contribution in [0, 0.1) is 5.92 Å². The van der Waals surface area contributed by atoms with E-state index in [4.69, 9.17) is 4.74 Å². The minimum Gasteiger partial charge on any atom is -0.377 e. The van der Waals surface area contributed by atoms with Gasteiger partial charge < -0.3 is 19.9 Å². The number of hydrogen-bond acceptors (Lipinski definition) is 3. The number of benzene rings is 1. The molecule has 1 saturated heterocycles. The fraction of sp³-hybridized carbons (Fsp3) is 0.682. The first kappa shape index (κ1) is 25.2. The van der Waals surface area contributed by atoms with Crippen LogP contribution >= 0.6 is 24.0 Å². The highest BCUT2D eigenvalue weighted by molar-refractivity contribution is 14.0. The Kier molecular flexibility index (Phi) is 12.0. The summed E-state index contributed by atoms with van der Waals surface area (Å²) in [5.74, 6) is 2.25. The van der Waals surface area contributed by atoms with Crippen LogP contribution in [0.1, 0.15) is 38.2 Å². The van der Waals surface area contributed by atoms with Gasteiger partial charge in [-0.15, -0.1) is 24.0 Å². The van der Waals surface area contributed by atoms with E-state index in [0.717, 1.165) is 45.2 Å². The summed E-state index contributed by atoms with van der Waals surface area (Å²) in [5.41, 5.74) is 1.47. The molecule has 28 heavy (non-hydrogen) atoms. The predicted octanol–water partition coefficient (Wildman–Crippen LogP) is 3.66. The van der Waals surface area contributed by atoms with E-state index in [0.29, 0.717) is 11.8 Å². The molecule has 1 heterocycles. The highest BCUT2D eigenvalue weighted by Gasteiger charge is 2.28. The average molecular weight is 502 g/mol. The Bertz CT molecular complexity index is 567. The molecule has 1 aromatic rings. The van der Waals surface area contributed by atoms with Gasteiger partial charge in [0.1, 0.15) is 0 Å². The third-order valence-electron chi connectivity index (χ3n) is 5.43. The second-order valence-corrected chi connectivity index (χ2v) is 7.83. The van der Waals surface area contributed by atoms with Crippen LogP contribution in [0.5, 0.6) is 0 Å². The zero-order valence-electron chi connectivity index (χ0n) is 18.2. The summed E-state index contributed by atoms with van der Waals surface area (Å²) in [4.78, 5) is 9.14. The maximum absolute atomic E-state index is 5.91. The number of piperidine rings is 1. The van der Waals surface area contributed by atoms with Crippen LogP contribution in [-0.4, -0.2) is 75.8 Å². The van der Waals surface area contributed by atoms with Gasteiger partial charge in [-0.2, -0.15) is 0 Å². The average Bonchev–Trinajstić information content (AvgIpc) is 2.67. The van der Waals surface area contributed by atoms with Crippen LogP contribution in [0.2, 0.25) is 0 Å². The van der Waals surface area contributed by atoms with Gasteiger partial charge in [-0.25, -0.2) is 0 Å². The van der Waals surface area contributed by atoms with Crippen molar-refractivity contribution in [2.24, 2.45) is 10.9 Å². The first-order chi connectivity index (χ1) is 13.0. The summed E-state index contributed by atoms with van der Waals surface area (Å²) in [7, 11) is 6.09. The van der Waals surface area contributed by atoms with Crippen molar-refractivity contribution in [3.8, 4) is 0 Å². The molecule has 160 valence electrons. The summed E-state index contributed by atoms with van der Waals surface area (Å²) < 4.78 is 5.91. The van der Waals surface area contributed by atoms with Crippen molar-refractivity contribution in [2.75, 3.05) is 53.9 Å². The molecule has 1 aliphatic heterocycles. The lowest BCUT2D eigenvalue weighted by Gasteiger charge is -2.39. The van der Waals surface area contributed by atoms with Crippen LogP contribution in [0.15, 0.2) is 35.3 Å². The zero-order valence-corrected chi connectivity index (χ0v) is 20.6. The quantitative estimate of drug-likeness (QED) is 0.335. The Labute approximate surface area is 188 Å². The van der Waals surface area contributed by atoms with E-state index in [1.165, 1.54) is 12.0 Å². The highest BCUT2D eigenvalue weighted by atomic mass is 127. The van der Waals surface area contributed by atoms with Gasteiger partial charge in [0.15, 0.2) is 5.96 Å². The molecule has 0 bridgehead atoms. The van der Waals surface area contributed by atoms with Crippen molar-refractivity contribution in [1.29, 1.82) is 0 Å². The Hall–Kier alpha value is -0.860. The number of guanidine groups is 1. The Balaban J connectivity index is 0.00000392. The SMILES string of the molecule is CCOC(CCN(C)C)CNC(=NC)N1CCC(c2ccccc2)C(C)C1.I. The van der Waals surface area contributed by atoms with E-state index in [1.807, 2.05) is 7.05 Å². The number of aliphatic imine (C=N–C) groups is 1. The normalized spacial score (nSPS) is 21.4. The summed E-state index contributed by atoms with van der Waals surface area (Å²) in [6.45, 7) is 9.09. The topological polar surface area (TPSA) is 40.1 Å². The number of nitrogens with zero attached hydrogens (tertiary/aromatic N) is 3. The molecule has 0 aromatic heterocycles. The van der Waals surface area contributed by atoms with Crippen molar-refractivity contribution in [3.63, 3.8) is 0 Å². The van der Waals surface area contributed by atoms with Crippen LogP contribution in [0.3, 0.4) is 0 Å². The van der Waals surface area contributed by atoms with Crippen LogP contribution in [-0.2, 0) is 4.74 Å². The third-order valence-corrected chi connectivity index (χ3v) is 5.43. The summed E-state index contributed by atoms with van der Waals surface area (Å²) in [6, 6.07) is 10.9. The number of nitrogens with one attached hydrogen (secondary N) is 1. The predicted molar refractivity (Wildman–Crippen MR) is 130 cm³/mol. The molecule has 1 fully saturated rings. The largest absolute Gasteiger partial charge is 0.377 e. The van der Waals surface area contributed by atoms with Gasteiger partial charge in [-0.1, -0.05) is 37.3 Å². The van der Waals surface area contributed by atoms with E-state index in [9.17, 15) is 0 Å². The molecule has 2 rings (SSSR count). The molecule has 1 N–H and O–H groups in total. The van der Waals surface area contributed by atoms with Gasteiger partial charge in [-0.3, -0.25) is 4.99 Å². The van der Waals surface area contributed by atoms with Crippen molar-refractivity contribution in [3.05, 3.63) is 35.9 Å². The van der Waals surface area contributed by atoms with Gasteiger partial charge in [0, 0.05) is 39.8 Å². The molecule has 3 unspecified atom stereocenters. The maximum atomic E-state index is 5.91. The fourth-order valence-electron chi connectivity index (χ4n) is 3.95. The van der Waals surface area contributed by atoms with Crippen LogP contribution in [0.4, 0.5) is 0 Å². The highest BCUT2D eigenvalue weighted by Crippen LogP contribution is 2.32. The van der Waals surface area contributed by atoms with Crippen LogP contribution < -0.4 is 5.32 Å². The number of halogens is 1. The molecule has 1 aliphatic rings. The molecule has 0 amide bonds. The lowest BCUT2D eigenvalue weighted by atomic mass is 9.82. The van der Waals surface area contributed by atoms with Crippen molar-refractivity contribution in [2.45, 2.75) is 38.7 Å². The molecule has 0 aliphatic carbocycles. The van der Waals surface area contributed by atoms with E-state index >= 15 is 0 Å². The molecule has 6 heteroatoms. The van der Waals surface area contributed by atoms with Crippen molar-refractivity contribution >= 4 is 29.9 Å². The van der Waals surface area contributed by atoms with E-state index < -0.39 is 0 Å². The van der Waals surface area contributed by atoms with E-state index in [2.05, 4.69) is 78.4 Å². The second-order valence-electron chi connectivity index (χ2n) is 7.83. The van der Waals surface area contributed by atoms with Crippen molar-refractivity contribution < 1.29 is 4.74 Å². The summed E-state index contributed by atoms with van der Waals surface area (Å²) in [5, 5.41) is 3.56. The van der Waals surface area contributed by atoms with Gasteiger partial charge >= 0.3 is 0 Å². The van der Waals surface area contributed by atoms with E-state index in [-0.39, 0.29) is 30.1 Å². The summed E-state index contributed by atoms with van der Waals surface area (Å²) in [6.07, 6.45) is 2.41. The molecule has 1 aromatic carbocycles. The Morgan fingerprint density at radius 2 is 2.04 bits per heavy atom. The van der Waals surface area contributed by atoms with Crippen LogP contribution in [0.25, 0.3) is 0 Å². The lowest BCUT2D eigenvalue weighted by molar-refractivity contribution is 0.0541. The third kappa shape index (κ3) is 7.87. The second kappa shape index (κ2) is 13.4.